The lowest BCUT2D eigenvalue weighted by molar-refractivity contribution is 0.0451. The van der Waals surface area contributed by atoms with Crippen LogP contribution in [0.1, 0.15) is 28.4 Å². The fourth-order valence-corrected chi connectivity index (χ4v) is 2.90. The Morgan fingerprint density at radius 1 is 0.750 bits per heavy atom. The highest BCUT2D eigenvalue weighted by atomic mass is 16.6. The van der Waals surface area contributed by atoms with Crippen molar-refractivity contribution in [2.45, 2.75) is 26.2 Å². The molecule has 0 bridgehead atoms. The summed E-state index contributed by atoms with van der Waals surface area (Å²) < 4.78 is 10.5. The van der Waals surface area contributed by atoms with Crippen molar-refractivity contribution < 1.29 is 23.9 Å². The molecule has 0 saturated carbocycles. The van der Waals surface area contributed by atoms with Gasteiger partial charge in [0, 0.05) is 5.56 Å². The minimum Gasteiger partial charge on any atom is -0.443 e. The Bertz CT molecular complexity index is 1030. The van der Waals surface area contributed by atoms with Crippen molar-refractivity contribution in [1.82, 2.24) is 10.4 Å². The summed E-state index contributed by atoms with van der Waals surface area (Å²) in [6.45, 7) is 1.51. The van der Waals surface area contributed by atoms with Crippen LogP contribution in [-0.2, 0) is 22.7 Å². The maximum atomic E-state index is 12.9. The summed E-state index contributed by atoms with van der Waals surface area (Å²) in [5.74, 6) is -0.356. The van der Waals surface area contributed by atoms with Gasteiger partial charge in [-0.3, -0.25) is 4.79 Å². The van der Waals surface area contributed by atoms with Crippen LogP contribution in [0, 0.1) is 0 Å². The number of Topliss-reactive ketones (excluding diaryl/α,β-unsaturated/α-hetero) is 1. The van der Waals surface area contributed by atoms with E-state index < -0.39 is 18.2 Å². The van der Waals surface area contributed by atoms with Crippen molar-refractivity contribution in [1.29, 1.82) is 0 Å². The van der Waals surface area contributed by atoms with E-state index in [4.69, 9.17) is 9.47 Å². The van der Waals surface area contributed by atoms with Gasteiger partial charge in [0.15, 0.2) is 5.78 Å². The van der Waals surface area contributed by atoms with Crippen molar-refractivity contribution in [2.24, 2.45) is 0 Å². The summed E-state index contributed by atoms with van der Waals surface area (Å²) in [6.07, 6.45) is -1.75. The van der Waals surface area contributed by atoms with Crippen molar-refractivity contribution in [3.8, 4) is 0 Å². The number of hydrazine groups is 1. The molecule has 1 atom stereocenters. The second-order valence-corrected chi connectivity index (χ2v) is 6.99. The average Bonchev–Trinajstić information content (AvgIpc) is 2.85. The SMILES string of the molecule is CC(C(=O)c1ccccc1)N(NC(=O)OCc1ccccc1)C(=O)OCc1ccccc1. The van der Waals surface area contributed by atoms with Crippen LogP contribution >= 0.6 is 0 Å². The van der Waals surface area contributed by atoms with Gasteiger partial charge in [0.2, 0.25) is 0 Å². The van der Waals surface area contributed by atoms with E-state index in [2.05, 4.69) is 5.43 Å². The molecule has 7 heteroatoms. The van der Waals surface area contributed by atoms with Crippen LogP contribution in [-0.4, -0.2) is 29.0 Å². The van der Waals surface area contributed by atoms with Crippen LogP contribution in [0.4, 0.5) is 9.59 Å². The van der Waals surface area contributed by atoms with Gasteiger partial charge in [0.1, 0.15) is 19.3 Å². The lowest BCUT2D eigenvalue weighted by Gasteiger charge is -2.27. The molecule has 0 heterocycles. The Hall–Kier alpha value is -4.13. The zero-order valence-corrected chi connectivity index (χ0v) is 17.6. The number of carbonyl (C=O) groups excluding carboxylic acids is 3. The molecule has 7 nitrogen and oxygen atoms in total. The normalized spacial score (nSPS) is 11.2. The Kier molecular flexibility index (Phi) is 7.97. The largest absolute Gasteiger partial charge is 0.443 e. The fraction of sp³-hybridized carbons (Fsp3) is 0.160. The van der Waals surface area contributed by atoms with Gasteiger partial charge in [0.25, 0.3) is 0 Å². The summed E-state index contributed by atoms with van der Waals surface area (Å²) in [5, 5.41) is 0.853. The van der Waals surface area contributed by atoms with Crippen molar-refractivity contribution in [3.63, 3.8) is 0 Å². The van der Waals surface area contributed by atoms with Gasteiger partial charge in [-0.25, -0.2) is 20.0 Å². The predicted octanol–water partition coefficient (Wildman–Crippen LogP) is 4.74. The van der Waals surface area contributed by atoms with E-state index in [1.165, 1.54) is 6.92 Å². The third-order valence-electron chi connectivity index (χ3n) is 4.65. The molecule has 0 radical (unpaired) electrons. The van der Waals surface area contributed by atoms with E-state index in [0.717, 1.165) is 16.1 Å². The zero-order valence-electron chi connectivity index (χ0n) is 17.6. The first-order valence-electron chi connectivity index (χ1n) is 10.1. The molecule has 0 spiro atoms. The average molecular weight is 432 g/mol. The molecule has 3 rings (SSSR count). The summed E-state index contributed by atoms with van der Waals surface area (Å²) in [7, 11) is 0. The number of rotatable bonds is 7. The number of benzene rings is 3. The quantitative estimate of drug-likeness (QED) is 0.431. The summed E-state index contributed by atoms with van der Waals surface area (Å²) >= 11 is 0. The number of nitrogens with one attached hydrogen (secondary N) is 1. The summed E-state index contributed by atoms with van der Waals surface area (Å²) in [5.41, 5.74) is 4.31. The maximum absolute atomic E-state index is 12.9. The first-order valence-corrected chi connectivity index (χ1v) is 10.1. The lowest BCUT2D eigenvalue weighted by Crippen LogP contribution is -2.54. The fourth-order valence-electron chi connectivity index (χ4n) is 2.90. The highest BCUT2D eigenvalue weighted by Gasteiger charge is 2.30. The van der Waals surface area contributed by atoms with Crippen molar-refractivity contribution >= 4 is 18.0 Å². The first kappa shape index (κ1) is 22.6. The van der Waals surface area contributed by atoms with E-state index in [9.17, 15) is 14.4 Å². The minimum atomic E-state index is -1.02. The molecular weight excluding hydrogens is 408 g/mol. The Morgan fingerprint density at radius 3 is 1.75 bits per heavy atom. The van der Waals surface area contributed by atoms with Gasteiger partial charge in [-0.05, 0) is 18.1 Å². The molecule has 3 aromatic rings. The van der Waals surface area contributed by atoms with Crippen molar-refractivity contribution in [3.05, 3.63) is 108 Å². The van der Waals surface area contributed by atoms with Gasteiger partial charge in [-0.2, -0.15) is 0 Å². The van der Waals surface area contributed by atoms with E-state index in [0.29, 0.717) is 5.56 Å². The topological polar surface area (TPSA) is 84.9 Å². The van der Waals surface area contributed by atoms with Crippen LogP contribution < -0.4 is 5.43 Å². The third-order valence-corrected chi connectivity index (χ3v) is 4.65. The number of amides is 2. The molecule has 164 valence electrons. The monoisotopic (exact) mass is 432 g/mol. The molecule has 0 aliphatic heterocycles. The molecule has 0 saturated heterocycles. The number of nitrogens with zero attached hydrogens (tertiary/aromatic N) is 1. The van der Waals surface area contributed by atoms with Gasteiger partial charge >= 0.3 is 12.2 Å². The molecule has 32 heavy (non-hydrogen) atoms. The van der Waals surface area contributed by atoms with Crippen LogP contribution in [0.3, 0.4) is 0 Å². The van der Waals surface area contributed by atoms with Gasteiger partial charge in [0.05, 0.1) is 0 Å². The second kappa shape index (κ2) is 11.3. The molecule has 0 aromatic heterocycles. The molecule has 1 N–H and O–H groups in total. The van der Waals surface area contributed by atoms with Crippen molar-refractivity contribution in [2.75, 3.05) is 0 Å². The van der Waals surface area contributed by atoms with E-state index in [-0.39, 0.29) is 19.0 Å². The third kappa shape index (κ3) is 6.43. The summed E-state index contributed by atoms with van der Waals surface area (Å²) in [6, 6.07) is 25.7. The summed E-state index contributed by atoms with van der Waals surface area (Å²) in [4.78, 5) is 38.0. The Morgan fingerprint density at radius 2 is 1.22 bits per heavy atom. The standard InChI is InChI=1S/C25H24N2O5/c1-19(23(28)22-15-9-4-10-16-22)27(25(30)32-18-21-13-7-3-8-14-21)26-24(29)31-17-20-11-5-2-6-12-20/h2-16,19H,17-18H2,1H3,(H,26,29). The predicted molar refractivity (Wildman–Crippen MR) is 118 cm³/mol. The molecule has 0 aliphatic carbocycles. The number of hydrogen-bond donors (Lipinski definition) is 1. The molecule has 0 fully saturated rings. The molecule has 0 aliphatic rings. The number of ether oxygens (including phenoxy) is 2. The highest BCUT2D eigenvalue weighted by Crippen LogP contribution is 2.11. The zero-order chi connectivity index (χ0) is 22.8. The number of ketones is 1. The Labute approximate surface area is 186 Å². The molecule has 1 unspecified atom stereocenters. The minimum absolute atomic E-state index is 0.0108. The molecule has 3 aromatic carbocycles. The van der Waals surface area contributed by atoms with E-state index in [1.807, 2.05) is 36.4 Å². The van der Waals surface area contributed by atoms with Crippen LogP contribution in [0.25, 0.3) is 0 Å². The smallest absolute Gasteiger partial charge is 0.429 e. The number of carbonyl (C=O) groups is 3. The van der Waals surface area contributed by atoms with E-state index >= 15 is 0 Å². The molecule has 2 amide bonds. The van der Waals surface area contributed by atoms with E-state index in [1.54, 1.807) is 54.6 Å². The number of hydrogen-bond acceptors (Lipinski definition) is 5. The van der Waals surface area contributed by atoms with Crippen LogP contribution in [0.15, 0.2) is 91.0 Å². The highest BCUT2D eigenvalue weighted by molar-refractivity contribution is 6.01. The van der Waals surface area contributed by atoms with Crippen LogP contribution in [0.5, 0.6) is 0 Å². The van der Waals surface area contributed by atoms with Gasteiger partial charge in [-0.15, -0.1) is 0 Å². The Balaban J connectivity index is 1.69. The second-order valence-electron chi connectivity index (χ2n) is 6.99. The van der Waals surface area contributed by atoms with Crippen LogP contribution in [0.2, 0.25) is 0 Å². The lowest BCUT2D eigenvalue weighted by atomic mass is 10.1. The molecular formula is C25H24N2O5. The van der Waals surface area contributed by atoms with Gasteiger partial charge in [-0.1, -0.05) is 91.0 Å². The van der Waals surface area contributed by atoms with Gasteiger partial charge < -0.3 is 9.47 Å². The maximum Gasteiger partial charge on any atom is 0.429 e. The first-order chi connectivity index (χ1) is 15.5.